The number of carboxylic acid groups (broad SMARTS) is 1. The van der Waals surface area contributed by atoms with Gasteiger partial charge in [-0.25, -0.2) is 4.79 Å². The van der Waals surface area contributed by atoms with Crippen molar-refractivity contribution in [2.24, 2.45) is 5.92 Å². The summed E-state index contributed by atoms with van der Waals surface area (Å²) in [6, 6.07) is 5.93. The van der Waals surface area contributed by atoms with E-state index in [1.807, 2.05) is 12.1 Å². The largest absolute Gasteiger partial charge is 0.493 e. The van der Waals surface area contributed by atoms with Crippen LogP contribution in [0.25, 0.3) is 5.57 Å². The van der Waals surface area contributed by atoms with Gasteiger partial charge < -0.3 is 9.84 Å². The second-order valence-electron chi connectivity index (χ2n) is 6.53. The smallest absolute Gasteiger partial charge is 0.315 e. The van der Waals surface area contributed by atoms with Crippen molar-refractivity contribution in [3.63, 3.8) is 0 Å². The van der Waals surface area contributed by atoms with E-state index in [0.717, 1.165) is 28.9 Å². The summed E-state index contributed by atoms with van der Waals surface area (Å²) in [6.45, 7) is 5.07. The molecular weight excluding hydrogens is 292 g/mol. The van der Waals surface area contributed by atoms with Gasteiger partial charge in [-0.3, -0.25) is 4.79 Å². The summed E-state index contributed by atoms with van der Waals surface area (Å²) in [5.41, 5.74) is 3.05. The Labute approximate surface area is 134 Å². The van der Waals surface area contributed by atoms with Gasteiger partial charge in [0.15, 0.2) is 0 Å². The van der Waals surface area contributed by atoms with E-state index in [0.29, 0.717) is 6.61 Å². The van der Waals surface area contributed by atoms with E-state index >= 15 is 0 Å². The summed E-state index contributed by atoms with van der Waals surface area (Å²) in [4.78, 5) is 22.2. The molecule has 0 spiro atoms. The molecule has 4 nitrogen and oxygen atoms in total. The van der Waals surface area contributed by atoms with Crippen molar-refractivity contribution in [1.29, 1.82) is 0 Å². The molecule has 0 saturated heterocycles. The van der Waals surface area contributed by atoms with Crippen LogP contribution in [0.4, 0.5) is 0 Å². The average molecular weight is 310 g/mol. The first-order chi connectivity index (χ1) is 10.9. The lowest BCUT2D eigenvalue weighted by Gasteiger charge is -2.33. The van der Waals surface area contributed by atoms with Crippen molar-refractivity contribution >= 4 is 17.5 Å². The monoisotopic (exact) mass is 310 g/mol. The maximum atomic E-state index is 11.1. The van der Waals surface area contributed by atoms with Gasteiger partial charge in [0.2, 0.25) is 0 Å². The molecule has 3 rings (SSSR count). The van der Waals surface area contributed by atoms with Crippen LogP contribution in [0.15, 0.2) is 42.0 Å². The fourth-order valence-electron chi connectivity index (χ4n) is 3.01. The summed E-state index contributed by atoms with van der Waals surface area (Å²) in [7, 11) is 0. The molecular formula is C19H18O4. The molecule has 1 aromatic carbocycles. The summed E-state index contributed by atoms with van der Waals surface area (Å²) in [5, 5.41) is 9.13. The van der Waals surface area contributed by atoms with Crippen LogP contribution in [0.1, 0.15) is 31.4 Å². The number of aliphatic carboxylic acids is 1. The lowest BCUT2D eigenvalue weighted by Crippen LogP contribution is -2.26. The molecule has 1 heterocycles. The van der Waals surface area contributed by atoms with E-state index in [1.165, 1.54) is 6.08 Å². The molecule has 1 unspecified atom stereocenters. The number of ether oxygens (including phenoxy) is 1. The molecule has 1 atom stereocenters. The zero-order chi connectivity index (χ0) is 16.6. The van der Waals surface area contributed by atoms with E-state index in [-0.39, 0.29) is 11.0 Å². The number of allylic oxidation sites excluding steroid dienone is 3. The normalized spacial score (nSPS) is 21.7. The molecule has 4 heteroatoms. The number of hydrogen-bond acceptors (Lipinski definition) is 3. The molecule has 0 bridgehead atoms. The molecule has 0 fully saturated rings. The number of carbonyl (C=O) groups excluding carboxylic acids is 1. The molecule has 2 aliphatic rings. The number of benzene rings is 1. The lowest BCUT2D eigenvalue weighted by molar-refractivity contribution is -0.138. The SMILES string of the molecule is CC1(C)CCOc2ccc(C3=CC(=C=O)C(C(=O)O)C=C3)cc21. The molecule has 0 aromatic heterocycles. The van der Waals surface area contributed by atoms with Gasteiger partial charge >= 0.3 is 5.97 Å². The first kappa shape index (κ1) is 15.3. The van der Waals surface area contributed by atoms with E-state index < -0.39 is 11.9 Å². The molecule has 1 N–H and O–H groups in total. The highest BCUT2D eigenvalue weighted by atomic mass is 16.5. The standard InChI is InChI=1S/C19H18O4/c1-19(2)7-8-23-17-6-4-13(10-16(17)19)12-3-5-15(18(21)22)14(9-12)11-20/h3-6,9-10,15H,7-8H2,1-2H3,(H,21,22). The predicted octanol–water partition coefficient (Wildman–Crippen LogP) is 3.16. The highest BCUT2D eigenvalue weighted by molar-refractivity contribution is 5.89. The molecule has 23 heavy (non-hydrogen) atoms. The van der Waals surface area contributed by atoms with E-state index in [9.17, 15) is 9.59 Å². The minimum atomic E-state index is -1.05. The number of carbonyl (C=O) groups is 1. The second-order valence-corrected chi connectivity index (χ2v) is 6.53. The van der Waals surface area contributed by atoms with Crippen LogP contribution in [0.2, 0.25) is 0 Å². The van der Waals surface area contributed by atoms with Crippen molar-refractivity contribution in [2.75, 3.05) is 6.61 Å². The van der Waals surface area contributed by atoms with Crippen molar-refractivity contribution < 1.29 is 19.4 Å². The highest BCUT2D eigenvalue weighted by Gasteiger charge is 2.29. The number of rotatable bonds is 2. The van der Waals surface area contributed by atoms with Crippen molar-refractivity contribution in [3.05, 3.63) is 53.1 Å². The quantitative estimate of drug-likeness (QED) is 0.852. The minimum absolute atomic E-state index is 0.0233. The van der Waals surface area contributed by atoms with Gasteiger partial charge in [0.25, 0.3) is 0 Å². The van der Waals surface area contributed by atoms with Gasteiger partial charge in [-0.1, -0.05) is 32.1 Å². The van der Waals surface area contributed by atoms with Crippen LogP contribution < -0.4 is 4.74 Å². The second kappa shape index (κ2) is 5.56. The van der Waals surface area contributed by atoms with Crippen molar-refractivity contribution in [1.82, 2.24) is 0 Å². The van der Waals surface area contributed by atoms with Crippen molar-refractivity contribution in [2.45, 2.75) is 25.7 Å². The Bertz CT molecular complexity index is 777. The van der Waals surface area contributed by atoms with Crippen LogP contribution in [-0.4, -0.2) is 23.6 Å². The topological polar surface area (TPSA) is 63.6 Å². The molecule has 118 valence electrons. The maximum absolute atomic E-state index is 11.1. The van der Waals surface area contributed by atoms with Crippen LogP contribution in [0.5, 0.6) is 5.75 Å². The third-order valence-corrected chi connectivity index (χ3v) is 4.52. The van der Waals surface area contributed by atoms with Gasteiger partial charge in [0.05, 0.1) is 12.2 Å². The fourth-order valence-corrected chi connectivity index (χ4v) is 3.01. The lowest BCUT2D eigenvalue weighted by atomic mass is 9.78. The van der Waals surface area contributed by atoms with Gasteiger partial charge in [-0.2, -0.15) is 0 Å². The molecule has 1 aromatic rings. The van der Waals surface area contributed by atoms with E-state index in [2.05, 4.69) is 19.9 Å². The Kier molecular flexibility index (Phi) is 3.70. The number of hydrogen-bond donors (Lipinski definition) is 1. The van der Waals surface area contributed by atoms with Gasteiger partial charge in [0, 0.05) is 5.56 Å². The summed E-state index contributed by atoms with van der Waals surface area (Å²) < 4.78 is 5.71. The predicted molar refractivity (Wildman–Crippen MR) is 87.0 cm³/mol. The van der Waals surface area contributed by atoms with Crippen LogP contribution in [0.3, 0.4) is 0 Å². The third kappa shape index (κ3) is 2.73. The van der Waals surface area contributed by atoms with Gasteiger partial charge in [-0.15, -0.1) is 0 Å². The zero-order valence-electron chi connectivity index (χ0n) is 13.1. The highest BCUT2D eigenvalue weighted by Crippen LogP contribution is 2.40. The zero-order valence-corrected chi connectivity index (χ0v) is 13.1. The summed E-state index contributed by atoms with van der Waals surface area (Å²) >= 11 is 0. The van der Waals surface area contributed by atoms with Crippen LogP contribution >= 0.6 is 0 Å². The molecule has 0 radical (unpaired) electrons. The van der Waals surface area contributed by atoms with Crippen LogP contribution in [0, 0.1) is 5.92 Å². The molecule has 0 saturated carbocycles. The molecule has 0 amide bonds. The van der Waals surface area contributed by atoms with Crippen LogP contribution in [-0.2, 0) is 15.0 Å². The first-order valence-electron chi connectivity index (χ1n) is 7.58. The Hall–Kier alpha value is -2.58. The molecule has 1 aliphatic carbocycles. The van der Waals surface area contributed by atoms with E-state index in [1.54, 1.807) is 18.1 Å². The van der Waals surface area contributed by atoms with Gasteiger partial charge in [0.1, 0.15) is 17.6 Å². The average Bonchev–Trinajstić information content (AvgIpc) is 2.53. The third-order valence-electron chi connectivity index (χ3n) is 4.52. The Morgan fingerprint density at radius 1 is 1.39 bits per heavy atom. The van der Waals surface area contributed by atoms with Gasteiger partial charge in [-0.05, 0) is 41.2 Å². The van der Waals surface area contributed by atoms with E-state index in [4.69, 9.17) is 9.84 Å². The maximum Gasteiger partial charge on any atom is 0.315 e. The number of carboxylic acids is 1. The van der Waals surface area contributed by atoms with Crippen molar-refractivity contribution in [3.8, 4) is 5.75 Å². The number of fused-ring (bicyclic) bond motifs is 1. The minimum Gasteiger partial charge on any atom is -0.493 e. The Balaban J connectivity index is 2.03. The fraction of sp³-hybridized carbons (Fsp3) is 0.316. The molecule has 1 aliphatic heterocycles. The Morgan fingerprint density at radius 2 is 2.17 bits per heavy atom. The summed E-state index contributed by atoms with van der Waals surface area (Å²) in [5.74, 6) is 0.667. The summed E-state index contributed by atoms with van der Waals surface area (Å²) in [6.07, 6.45) is 5.82. The Morgan fingerprint density at radius 3 is 2.87 bits per heavy atom. The first-order valence-corrected chi connectivity index (χ1v) is 7.58.